The lowest BCUT2D eigenvalue weighted by molar-refractivity contribution is -0.384. The highest BCUT2D eigenvalue weighted by atomic mass is 16.6. The van der Waals surface area contributed by atoms with Gasteiger partial charge in [-0.15, -0.1) is 0 Å². The molecule has 0 fully saturated rings. The Bertz CT molecular complexity index is 966. The molecular weight excluding hydrogens is 356 g/mol. The fourth-order valence-corrected chi connectivity index (χ4v) is 3.04. The van der Waals surface area contributed by atoms with Crippen molar-refractivity contribution in [3.8, 4) is 0 Å². The first kappa shape index (κ1) is 19.2. The Morgan fingerprint density at radius 2 is 1.82 bits per heavy atom. The molecule has 8 heteroatoms. The van der Waals surface area contributed by atoms with E-state index in [1.807, 2.05) is 18.3 Å². The summed E-state index contributed by atoms with van der Waals surface area (Å²) < 4.78 is 0. The van der Waals surface area contributed by atoms with Crippen molar-refractivity contribution in [3.05, 3.63) is 70.4 Å². The molecule has 4 N–H and O–H groups in total. The average molecular weight is 380 g/mol. The van der Waals surface area contributed by atoms with E-state index in [4.69, 9.17) is 0 Å². The summed E-state index contributed by atoms with van der Waals surface area (Å²) in [6.07, 6.45) is 2.92. The van der Waals surface area contributed by atoms with E-state index in [-0.39, 0.29) is 10.6 Å². The second kappa shape index (κ2) is 9.40. The van der Waals surface area contributed by atoms with Crippen molar-refractivity contribution in [2.75, 3.05) is 32.0 Å². The van der Waals surface area contributed by atoms with E-state index in [2.05, 4.69) is 38.1 Å². The third-order valence-electron chi connectivity index (χ3n) is 4.42. The molecule has 0 bridgehead atoms. The average Bonchev–Trinajstić information content (AvgIpc) is 3.13. The van der Waals surface area contributed by atoms with Crippen LogP contribution < -0.4 is 16.0 Å². The number of H-pyrrole nitrogens is 1. The summed E-state index contributed by atoms with van der Waals surface area (Å²) in [5.74, 6) is 0.698. The van der Waals surface area contributed by atoms with Crippen LogP contribution >= 0.6 is 0 Å². The Hall–Kier alpha value is -3.55. The molecule has 8 nitrogen and oxygen atoms in total. The number of hydrogen-bond donors (Lipinski definition) is 4. The van der Waals surface area contributed by atoms with Crippen molar-refractivity contribution in [1.29, 1.82) is 0 Å². The maximum absolute atomic E-state index is 11.0. The SMILES string of the molecule is CN=C(NCCNc1ccccc1[N+](=O)[O-])NCCc1c[nH]c2ccccc12. The summed E-state index contributed by atoms with van der Waals surface area (Å²) in [5, 5.41) is 21.8. The second-order valence-corrected chi connectivity index (χ2v) is 6.24. The lowest BCUT2D eigenvalue weighted by Crippen LogP contribution is -2.40. The van der Waals surface area contributed by atoms with Crippen molar-refractivity contribution < 1.29 is 4.92 Å². The predicted molar refractivity (Wildman–Crippen MR) is 113 cm³/mol. The first-order chi connectivity index (χ1) is 13.7. The van der Waals surface area contributed by atoms with E-state index >= 15 is 0 Å². The summed E-state index contributed by atoms with van der Waals surface area (Å²) in [7, 11) is 1.72. The Balaban J connectivity index is 1.42. The van der Waals surface area contributed by atoms with Crippen LogP contribution in [0.2, 0.25) is 0 Å². The second-order valence-electron chi connectivity index (χ2n) is 6.24. The standard InChI is InChI=1S/C20H24N6O2/c1-21-20(23-11-10-15-14-25-17-7-3-2-6-16(15)17)24-13-12-22-18-8-4-5-9-19(18)26(27)28/h2-9,14,22,25H,10-13H2,1H3,(H2,21,23,24). The lowest BCUT2D eigenvalue weighted by Gasteiger charge is -2.12. The van der Waals surface area contributed by atoms with Crippen LogP contribution in [0, 0.1) is 10.1 Å². The number of fused-ring (bicyclic) bond motifs is 1. The molecule has 3 rings (SSSR count). The Morgan fingerprint density at radius 1 is 1.07 bits per heavy atom. The molecule has 0 aliphatic heterocycles. The molecule has 0 saturated carbocycles. The van der Waals surface area contributed by atoms with Gasteiger partial charge in [-0.25, -0.2) is 0 Å². The van der Waals surface area contributed by atoms with Gasteiger partial charge in [-0.1, -0.05) is 30.3 Å². The molecule has 0 amide bonds. The minimum absolute atomic E-state index is 0.0729. The molecule has 0 saturated heterocycles. The monoisotopic (exact) mass is 380 g/mol. The van der Waals surface area contributed by atoms with Gasteiger partial charge in [0, 0.05) is 49.8 Å². The summed E-state index contributed by atoms with van der Waals surface area (Å²) in [4.78, 5) is 18.1. The zero-order valence-electron chi connectivity index (χ0n) is 15.7. The van der Waals surface area contributed by atoms with Gasteiger partial charge in [0.2, 0.25) is 0 Å². The molecule has 1 heterocycles. The van der Waals surface area contributed by atoms with Gasteiger partial charge >= 0.3 is 0 Å². The number of nitrogens with one attached hydrogen (secondary N) is 4. The quantitative estimate of drug-likeness (QED) is 0.158. The van der Waals surface area contributed by atoms with Crippen LogP contribution in [0.25, 0.3) is 10.9 Å². The Morgan fingerprint density at radius 3 is 2.64 bits per heavy atom. The summed E-state index contributed by atoms with van der Waals surface area (Å²) in [6.45, 7) is 1.87. The van der Waals surface area contributed by atoms with Crippen molar-refractivity contribution in [3.63, 3.8) is 0 Å². The van der Waals surface area contributed by atoms with E-state index in [1.165, 1.54) is 17.0 Å². The van der Waals surface area contributed by atoms with Gasteiger partial charge in [0.05, 0.1) is 4.92 Å². The number of para-hydroxylation sites is 3. The van der Waals surface area contributed by atoms with Crippen molar-refractivity contribution in [2.45, 2.75) is 6.42 Å². The van der Waals surface area contributed by atoms with Crippen molar-refractivity contribution in [2.24, 2.45) is 4.99 Å². The summed E-state index contributed by atoms with van der Waals surface area (Å²) in [5.41, 5.74) is 2.98. The Kier molecular flexibility index (Phi) is 6.46. The molecule has 0 radical (unpaired) electrons. The molecule has 146 valence electrons. The first-order valence-corrected chi connectivity index (χ1v) is 9.16. The molecule has 0 atom stereocenters. The van der Waals surface area contributed by atoms with Crippen LogP contribution in [0.1, 0.15) is 5.56 Å². The topological polar surface area (TPSA) is 107 Å². The third-order valence-corrected chi connectivity index (χ3v) is 4.42. The molecule has 28 heavy (non-hydrogen) atoms. The summed E-state index contributed by atoms with van der Waals surface area (Å²) >= 11 is 0. The third kappa shape index (κ3) is 4.79. The molecule has 0 unspecified atom stereocenters. The summed E-state index contributed by atoms with van der Waals surface area (Å²) in [6, 6.07) is 14.9. The zero-order chi connectivity index (χ0) is 19.8. The van der Waals surface area contributed by atoms with E-state index in [0.717, 1.165) is 18.5 Å². The number of anilines is 1. The van der Waals surface area contributed by atoms with Crippen molar-refractivity contribution >= 4 is 28.2 Å². The van der Waals surface area contributed by atoms with Crippen molar-refractivity contribution in [1.82, 2.24) is 15.6 Å². The van der Waals surface area contributed by atoms with Gasteiger partial charge in [-0.3, -0.25) is 15.1 Å². The fourth-order valence-electron chi connectivity index (χ4n) is 3.04. The maximum Gasteiger partial charge on any atom is 0.292 e. The number of aromatic amines is 1. The van der Waals surface area contributed by atoms with Crippen LogP contribution in [-0.4, -0.2) is 42.5 Å². The van der Waals surface area contributed by atoms with E-state index in [9.17, 15) is 10.1 Å². The molecule has 0 aliphatic carbocycles. The van der Waals surface area contributed by atoms with E-state index < -0.39 is 0 Å². The Labute approximate surface area is 163 Å². The molecule has 0 aliphatic rings. The smallest absolute Gasteiger partial charge is 0.292 e. The van der Waals surface area contributed by atoms with E-state index in [0.29, 0.717) is 24.7 Å². The van der Waals surface area contributed by atoms with Gasteiger partial charge in [0.25, 0.3) is 5.69 Å². The molecule has 0 spiro atoms. The molecule has 2 aromatic carbocycles. The number of nitrogens with zero attached hydrogens (tertiary/aromatic N) is 2. The van der Waals surface area contributed by atoms with Gasteiger partial charge in [0.15, 0.2) is 5.96 Å². The number of guanidine groups is 1. The number of benzene rings is 2. The number of aromatic nitrogens is 1. The first-order valence-electron chi connectivity index (χ1n) is 9.16. The number of aliphatic imine (C=N–C) groups is 1. The number of rotatable bonds is 8. The maximum atomic E-state index is 11.0. The van der Waals surface area contributed by atoms with Crippen LogP contribution in [0.15, 0.2) is 59.7 Å². The van der Waals surface area contributed by atoms with Crippen LogP contribution in [0.5, 0.6) is 0 Å². The fraction of sp³-hybridized carbons (Fsp3) is 0.250. The van der Waals surface area contributed by atoms with Crippen LogP contribution in [-0.2, 0) is 6.42 Å². The predicted octanol–water partition coefficient (Wildman–Crippen LogP) is 2.90. The largest absolute Gasteiger partial charge is 0.378 e. The van der Waals surface area contributed by atoms with Gasteiger partial charge in [0.1, 0.15) is 5.69 Å². The highest BCUT2D eigenvalue weighted by Crippen LogP contribution is 2.22. The normalized spacial score (nSPS) is 11.4. The number of nitro groups is 1. The molecule has 3 aromatic rings. The molecule has 1 aromatic heterocycles. The number of hydrogen-bond acceptors (Lipinski definition) is 4. The highest BCUT2D eigenvalue weighted by Gasteiger charge is 2.11. The van der Waals surface area contributed by atoms with Crippen LogP contribution in [0.4, 0.5) is 11.4 Å². The minimum Gasteiger partial charge on any atom is -0.378 e. The zero-order valence-corrected chi connectivity index (χ0v) is 15.7. The molecular formula is C20H24N6O2. The van der Waals surface area contributed by atoms with E-state index in [1.54, 1.807) is 25.2 Å². The number of nitro benzene ring substituents is 1. The van der Waals surface area contributed by atoms with Gasteiger partial charge < -0.3 is 20.9 Å². The van der Waals surface area contributed by atoms with Gasteiger partial charge in [-0.05, 0) is 24.1 Å². The van der Waals surface area contributed by atoms with Gasteiger partial charge in [-0.2, -0.15) is 0 Å². The van der Waals surface area contributed by atoms with Crippen LogP contribution in [0.3, 0.4) is 0 Å². The lowest BCUT2D eigenvalue weighted by atomic mass is 10.1. The highest BCUT2D eigenvalue weighted by molar-refractivity contribution is 5.83. The minimum atomic E-state index is -0.388.